The number of hydrogen-bond acceptors (Lipinski definition) is 3. The molecule has 1 aromatic rings. The summed E-state index contributed by atoms with van der Waals surface area (Å²) in [6, 6.07) is 4.19. The van der Waals surface area contributed by atoms with Crippen LogP contribution in [0, 0.1) is 18.7 Å². The van der Waals surface area contributed by atoms with Crippen molar-refractivity contribution in [3.05, 3.63) is 29.6 Å². The molecule has 5 nitrogen and oxygen atoms in total. The lowest BCUT2D eigenvalue weighted by Crippen LogP contribution is -2.45. The molecule has 0 radical (unpaired) electrons. The molecule has 0 aromatic heterocycles. The summed E-state index contributed by atoms with van der Waals surface area (Å²) in [6.07, 6.45) is 1.86. The monoisotopic (exact) mass is 294 g/mol. The largest absolute Gasteiger partial charge is 0.388 e. The van der Waals surface area contributed by atoms with Crippen molar-refractivity contribution in [2.24, 2.45) is 5.92 Å². The molecule has 1 aliphatic carbocycles. The Labute approximate surface area is 122 Å². The van der Waals surface area contributed by atoms with E-state index in [0.717, 1.165) is 18.9 Å². The molecule has 0 spiro atoms. The molecule has 3 N–H and O–H groups in total. The Morgan fingerprint density at radius 3 is 2.62 bits per heavy atom. The van der Waals surface area contributed by atoms with Gasteiger partial charge in [-0.1, -0.05) is 6.07 Å². The van der Waals surface area contributed by atoms with Crippen LogP contribution in [0.5, 0.6) is 0 Å². The van der Waals surface area contributed by atoms with E-state index in [9.17, 15) is 19.1 Å². The van der Waals surface area contributed by atoms with Gasteiger partial charge in [0, 0.05) is 12.2 Å². The van der Waals surface area contributed by atoms with Crippen molar-refractivity contribution in [2.75, 3.05) is 11.9 Å². The maximum Gasteiger partial charge on any atom is 0.313 e. The molecule has 1 saturated carbocycles. The molecule has 1 aliphatic rings. The third-order valence-corrected chi connectivity index (χ3v) is 3.70. The predicted octanol–water partition coefficient (Wildman–Crippen LogP) is 1.35. The van der Waals surface area contributed by atoms with Gasteiger partial charge in [-0.15, -0.1) is 0 Å². The number of halogens is 1. The lowest BCUT2D eigenvalue weighted by Gasteiger charge is -2.22. The van der Waals surface area contributed by atoms with Crippen LogP contribution in [-0.4, -0.2) is 29.1 Å². The van der Waals surface area contributed by atoms with Crippen molar-refractivity contribution < 1.29 is 19.1 Å². The normalized spacial score (nSPS) is 17.0. The first kappa shape index (κ1) is 15.4. The highest BCUT2D eigenvalue weighted by molar-refractivity contribution is 6.39. The van der Waals surface area contributed by atoms with Crippen LogP contribution >= 0.6 is 0 Å². The molecule has 1 fully saturated rings. The van der Waals surface area contributed by atoms with Gasteiger partial charge in [0.1, 0.15) is 5.82 Å². The minimum absolute atomic E-state index is 0.0200. The maximum atomic E-state index is 13.3. The number of aryl methyl sites for hydroxylation is 1. The SMILES string of the molecule is Cc1ccc(NC(=O)C(=O)NC[C@@](C)(O)C2CC2)cc1F. The molecule has 0 aliphatic heterocycles. The van der Waals surface area contributed by atoms with E-state index in [1.807, 2.05) is 0 Å². The Bertz CT molecular complexity index is 568. The molecule has 0 saturated heterocycles. The zero-order chi connectivity index (χ0) is 15.6. The Morgan fingerprint density at radius 2 is 2.05 bits per heavy atom. The Balaban J connectivity index is 1.87. The molecular weight excluding hydrogens is 275 g/mol. The fourth-order valence-corrected chi connectivity index (χ4v) is 2.05. The van der Waals surface area contributed by atoms with Crippen molar-refractivity contribution >= 4 is 17.5 Å². The van der Waals surface area contributed by atoms with Crippen molar-refractivity contribution in [1.82, 2.24) is 5.32 Å². The number of carbonyl (C=O) groups excluding carboxylic acids is 2. The summed E-state index contributed by atoms with van der Waals surface area (Å²) in [6.45, 7) is 3.26. The van der Waals surface area contributed by atoms with Crippen LogP contribution < -0.4 is 10.6 Å². The van der Waals surface area contributed by atoms with Crippen LogP contribution in [0.25, 0.3) is 0 Å². The molecule has 0 bridgehead atoms. The molecule has 0 heterocycles. The highest BCUT2D eigenvalue weighted by atomic mass is 19.1. The molecule has 2 amide bonds. The summed E-state index contributed by atoms with van der Waals surface area (Å²) < 4.78 is 13.3. The zero-order valence-corrected chi connectivity index (χ0v) is 12.1. The number of rotatable bonds is 4. The number of aliphatic hydroxyl groups is 1. The summed E-state index contributed by atoms with van der Waals surface area (Å²) in [5.41, 5.74) is -0.323. The standard InChI is InChI=1S/C15H19FN2O3/c1-9-3-6-11(7-12(9)16)18-14(20)13(19)17-8-15(2,21)10-4-5-10/h3,6-7,10,21H,4-5,8H2,1-2H3,(H,17,19)(H,18,20)/t15-/m1/s1. The van der Waals surface area contributed by atoms with Crippen molar-refractivity contribution in [2.45, 2.75) is 32.3 Å². The lowest BCUT2D eigenvalue weighted by molar-refractivity contribution is -0.136. The molecule has 114 valence electrons. The summed E-state index contributed by atoms with van der Waals surface area (Å²) in [5.74, 6) is -2.02. The first-order valence-corrected chi connectivity index (χ1v) is 6.87. The van der Waals surface area contributed by atoms with E-state index >= 15 is 0 Å². The van der Waals surface area contributed by atoms with Crippen LogP contribution in [-0.2, 0) is 9.59 Å². The Morgan fingerprint density at radius 1 is 1.38 bits per heavy atom. The minimum Gasteiger partial charge on any atom is -0.388 e. The molecule has 21 heavy (non-hydrogen) atoms. The summed E-state index contributed by atoms with van der Waals surface area (Å²) in [4.78, 5) is 23.3. The zero-order valence-electron chi connectivity index (χ0n) is 12.1. The predicted molar refractivity (Wildman–Crippen MR) is 76.1 cm³/mol. The van der Waals surface area contributed by atoms with Gasteiger partial charge in [-0.25, -0.2) is 4.39 Å². The Kier molecular flexibility index (Phi) is 4.27. The van der Waals surface area contributed by atoms with Gasteiger partial charge in [0.25, 0.3) is 0 Å². The van der Waals surface area contributed by atoms with Gasteiger partial charge in [0.15, 0.2) is 0 Å². The number of benzene rings is 1. The van der Waals surface area contributed by atoms with Gasteiger partial charge in [0.2, 0.25) is 0 Å². The second-order valence-corrected chi connectivity index (χ2v) is 5.73. The molecule has 2 rings (SSSR count). The quantitative estimate of drug-likeness (QED) is 0.733. The van der Waals surface area contributed by atoms with E-state index < -0.39 is 23.2 Å². The van der Waals surface area contributed by atoms with Gasteiger partial charge in [0.05, 0.1) is 5.60 Å². The number of anilines is 1. The van der Waals surface area contributed by atoms with E-state index in [1.165, 1.54) is 12.1 Å². The third kappa shape index (κ3) is 4.01. The number of carbonyl (C=O) groups is 2. The average Bonchev–Trinajstić information content (AvgIpc) is 3.25. The first-order chi connectivity index (χ1) is 9.79. The molecular formula is C15H19FN2O3. The summed E-state index contributed by atoms with van der Waals surface area (Å²) >= 11 is 0. The van der Waals surface area contributed by atoms with Crippen molar-refractivity contribution in [1.29, 1.82) is 0 Å². The van der Waals surface area contributed by atoms with Gasteiger partial charge >= 0.3 is 11.8 Å². The first-order valence-electron chi connectivity index (χ1n) is 6.87. The lowest BCUT2D eigenvalue weighted by atomic mass is 10.0. The van der Waals surface area contributed by atoms with E-state index in [2.05, 4.69) is 10.6 Å². The Hall–Kier alpha value is -1.95. The van der Waals surface area contributed by atoms with Gasteiger partial charge in [-0.2, -0.15) is 0 Å². The molecule has 0 unspecified atom stereocenters. The van der Waals surface area contributed by atoms with Gasteiger partial charge in [-0.3, -0.25) is 9.59 Å². The second kappa shape index (κ2) is 5.81. The van der Waals surface area contributed by atoms with Crippen molar-refractivity contribution in [3.8, 4) is 0 Å². The van der Waals surface area contributed by atoms with Crippen LogP contribution in [0.15, 0.2) is 18.2 Å². The van der Waals surface area contributed by atoms with Crippen LogP contribution in [0.3, 0.4) is 0 Å². The second-order valence-electron chi connectivity index (χ2n) is 5.73. The van der Waals surface area contributed by atoms with Gasteiger partial charge < -0.3 is 15.7 Å². The third-order valence-electron chi connectivity index (χ3n) is 3.70. The topological polar surface area (TPSA) is 78.4 Å². The van der Waals surface area contributed by atoms with Crippen LogP contribution in [0.2, 0.25) is 0 Å². The highest BCUT2D eigenvalue weighted by Crippen LogP contribution is 2.38. The fourth-order valence-electron chi connectivity index (χ4n) is 2.05. The van der Waals surface area contributed by atoms with E-state index in [-0.39, 0.29) is 18.2 Å². The molecule has 1 aromatic carbocycles. The fraction of sp³-hybridized carbons (Fsp3) is 0.467. The van der Waals surface area contributed by atoms with E-state index in [4.69, 9.17) is 0 Å². The number of amides is 2. The maximum absolute atomic E-state index is 13.3. The number of nitrogens with one attached hydrogen (secondary N) is 2. The van der Waals surface area contributed by atoms with Gasteiger partial charge in [-0.05, 0) is 50.3 Å². The van der Waals surface area contributed by atoms with Crippen LogP contribution in [0.4, 0.5) is 10.1 Å². The van der Waals surface area contributed by atoms with Crippen molar-refractivity contribution in [3.63, 3.8) is 0 Å². The summed E-state index contributed by atoms with van der Waals surface area (Å²) in [7, 11) is 0. The highest BCUT2D eigenvalue weighted by Gasteiger charge is 2.40. The summed E-state index contributed by atoms with van der Waals surface area (Å²) in [5, 5.41) is 14.8. The molecule has 6 heteroatoms. The smallest absolute Gasteiger partial charge is 0.313 e. The number of hydrogen-bond donors (Lipinski definition) is 3. The molecule has 1 atom stereocenters. The minimum atomic E-state index is -0.994. The average molecular weight is 294 g/mol. The van der Waals surface area contributed by atoms with E-state index in [1.54, 1.807) is 13.8 Å². The van der Waals surface area contributed by atoms with Crippen LogP contribution in [0.1, 0.15) is 25.3 Å². The van der Waals surface area contributed by atoms with E-state index in [0.29, 0.717) is 5.56 Å².